The van der Waals surface area contributed by atoms with Crippen LogP contribution in [0.3, 0.4) is 0 Å². The van der Waals surface area contributed by atoms with Gasteiger partial charge in [0.2, 0.25) is 0 Å². The molecular weight excluding hydrogens is 246 g/mol. The number of nitrogens with one attached hydrogen (secondary N) is 1. The summed E-state index contributed by atoms with van der Waals surface area (Å²) in [6, 6.07) is 1.12. The maximum absolute atomic E-state index is 8.87. The van der Waals surface area contributed by atoms with Gasteiger partial charge < -0.3 is 15.2 Å². The predicted molar refractivity (Wildman–Crippen MR) is 77.2 cm³/mol. The van der Waals surface area contributed by atoms with Gasteiger partial charge in [-0.25, -0.2) is 0 Å². The Morgan fingerprint density at radius 1 is 1.44 bits per heavy atom. The van der Waals surface area contributed by atoms with Crippen LogP contribution in [0.15, 0.2) is 0 Å². The Morgan fingerprint density at radius 2 is 2.22 bits per heavy atom. The Balaban J connectivity index is 1.79. The zero-order valence-corrected chi connectivity index (χ0v) is 12.3. The molecule has 4 heteroatoms. The van der Waals surface area contributed by atoms with Crippen molar-refractivity contribution in [3.63, 3.8) is 0 Å². The third-order valence-corrected chi connectivity index (χ3v) is 5.20. The van der Waals surface area contributed by atoms with Crippen LogP contribution >= 0.6 is 11.8 Å². The van der Waals surface area contributed by atoms with E-state index in [0.717, 1.165) is 25.9 Å². The molecule has 0 aromatic carbocycles. The summed E-state index contributed by atoms with van der Waals surface area (Å²) in [6.45, 7) is 3.45. The van der Waals surface area contributed by atoms with E-state index < -0.39 is 0 Å². The summed E-state index contributed by atoms with van der Waals surface area (Å²) in [5, 5.41) is 12.6. The van der Waals surface area contributed by atoms with Crippen molar-refractivity contribution in [1.29, 1.82) is 0 Å². The molecule has 2 saturated heterocycles. The van der Waals surface area contributed by atoms with Crippen molar-refractivity contribution >= 4 is 11.8 Å². The molecule has 2 N–H and O–H groups in total. The van der Waals surface area contributed by atoms with Gasteiger partial charge in [0.1, 0.15) is 0 Å². The number of aliphatic hydroxyl groups is 1. The highest BCUT2D eigenvalue weighted by molar-refractivity contribution is 7.99. The molecule has 0 saturated carbocycles. The number of ether oxygens (including phenoxy) is 1. The summed E-state index contributed by atoms with van der Waals surface area (Å²) < 4.78 is 6.11. The van der Waals surface area contributed by atoms with E-state index in [9.17, 15) is 0 Å². The molecule has 2 fully saturated rings. The third kappa shape index (κ3) is 4.12. The van der Waals surface area contributed by atoms with E-state index in [-0.39, 0.29) is 5.60 Å². The molecule has 0 aliphatic carbocycles. The van der Waals surface area contributed by atoms with E-state index in [1.54, 1.807) is 0 Å². The van der Waals surface area contributed by atoms with Gasteiger partial charge in [0, 0.05) is 25.3 Å². The van der Waals surface area contributed by atoms with E-state index in [1.807, 2.05) is 0 Å². The van der Waals surface area contributed by atoms with Crippen molar-refractivity contribution in [2.24, 2.45) is 0 Å². The molecule has 2 rings (SSSR count). The van der Waals surface area contributed by atoms with Crippen LogP contribution in [0.5, 0.6) is 0 Å². The Bertz CT molecular complexity index is 238. The van der Waals surface area contributed by atoms with Crippen LogP contribution in [0.1, 0.15) is 45.4 Å². The lowest BCUT2D eigenvalue weighted by atomic mass is 9.85. The smallest absolute Gasteiger partial charge is 0.0713 e. The molecule has 2 aliphatic heterocycles. The van der Waals surface area contributed by atoms with Crippen molar-refractivity contribution in [2.45, 2.75) is 63.1 Å². The first-order valence-electron chi connectivity index (χ1n) is 7.33. The summed E-state index contributed by atoms with van der Waals surface area (Å²) in [5.41, 5.74) is 0.178. The van der Waals surface area contributed by atoms with Crippen molar-refractivity contribution in [2.75, 3.05) is 24.7 Å². The van der Waals surface area contributed by atoms with Gasteiger partial charge >= 0.3 is 0 Å². The average Bonchev–Trinajstić information content (AvgIpc) is 2.37. The molecule has 0 aromatic rings. The van der Waals surface area contributed by atoms with Gasteiger partial charge in [0.05, 0.1) is 5.60 Å². The number of hydrogen-bond donors (Lipinski definition) is 2. The van der Waals surface area contributed by atoms with E-state index in [2.05, 4.69) is 24.0 Å². The summed E-state index contributed by atoms with van der Waals surface area (Å²) in [4.78, 5) is 0. The SMILES string of the molecule is CC(CCCO)NC1CCOC2(CCSCC2)C1. The van der Waals surface area contributed by atoms with Crippen LogP contribution in [0, 0.1) is 0 Å². The van der Waals surface area contributed by atoms with Crippen LogP contribution in [0.4, 0.5) is 0 Å². The second-order valence-electron chi connectivity index (χ2n) is 5.77. The Labute approximate surface area is 115 Å². The fourth-order valence-electron chi connectivity index (χ4n) is 3.15. The van der Waals surface area contributed by atoms with E-state index in [4.69, 9.17) is 9.84 Å². The quantitative estimate of drug-likeness (QED) is 0.805. The highest BCUT2D eigenvalue weighted by Crippen LogP contribution is 2.37. The first-order chi connectivity index (χ1) is 8.74. The van der Waals surface area contributed by atoms with E-state index in [0.29, 0.717) is 18.7 Å². The zero-order valence-electron chi connectivity index (χ0n) is 11.5. The van der Waals surface area contributed by atoms with Crippen LogP contribution < -0.4 is 5.32 Å². The Hall–Kier alpha value is 0.230. The molecule has 18 heavy (non-hydrogen) atoms. The summed E-state index contributed by atoms with van der Waals surface area (Å²) in [7, 11) is 0. The molecule has 2 unspecified atom stereocenters. The minimum absolute atomic E-state index is 0.178. The fourth-order valence-corrected chi connectivity index (χ4v) is 4.38. The number of hydrogen-bond acceptors (Lipinski definition) is 4. The molecule has 0 aromatic heterocycles. The number of aliphatic hydroxyl groups excluding tert-OH is 1. The fraction of sp³-hybridized carbons (Fsp3) is 1.00. The molecule has 0 bridgehead atoms. The third-order valence-electron chi connectivity index (χ3n) is 4.21. The highest BCUT2D eigenvalue weighted by Gasteiger charge is 2.38. The number of thioether (sulfide) groups is 1. The second-order valence-corrected chi connectivity index (χ2v) is 6.99. The molecule has 0 amide bonds. The maximum atomic E-state index is 8.87. The van der Waals surface area contributed by atoms with Crippen molar-refractivity contribution < 1.29 is 9.84 Å². The first kappa shape index (κ1) is 14.6. The lowest BCUT2D eigenvalue weighted by Gasteiger charge is -2.44. The first-order valence-corrected chi connectivity index (χ1v) is 8.48. The molecule has 2 atom stereocenters. The van der Waals surface area contributed by atoms with Crippen molar-refractivity contribution in [3.8, 4) is 0 Å². The average molecular weight is 273 g/mol. The van der Waals surface area contributed by atoms with Crippen LogP contribution in [-0.4, -0.2) is 47.5 Å². The van der Waals surface area contributed by atoms with Gasteiger partial charge in [-0.2, -0.15) is 11.8 Å². The molecule has 106 valence electrons. The monoisotopic (exact) mass is 273 g/mol. The van der Waals surface area contributed by atoms with E-state index >= 15 is 0 Å². The minimum atomic E-state index is 0.178. The summed E-state index contributed by atoms with van der Waals surface area (Å²) in [6.07, 6.45) is 6.73. The summed E-state index contributed by atoms with van der Waals surface area (Å²) in [5.74, 6) is 2.51. The topological polar surface area (TPSA) is 41.5 Å². The van der Waals surface area contributed by atoms with Gasteiger partial charge in [-0.15, -0.1) is 0 Å². The van der Waals surface area contributed by atoms with Crippen molar-refractivity contribution in [3.05, 3.63) is 0 Å². The molecule has 1 spiro atoms. The second kappa shape index (κ2) is 7.13. The molecule has 2 aliphatic rings. The van der Waals surface area contributed by atoms with Gasteiger partial charge in [0.25, 0.3) is 0 Å². The minimum Gasteiger partial charge on any atom is -0.396 e. The standard InChI is InChI=1S/C14H27NO2S/c1-12(3-2-7-16)15-13-4-8-17-14(11-13)5-9-18-10-6-14/h12-13,15-16H,2-11H2,1H3. The largest absolute Gasteiger partial charge is 0.396 e. The summed E-state index contributed by atoms with van der Waals surface area (Å²) >= 11 is 2.06. The molecule has 0 radical (unpaired) electrons. The van der Waals surface area contributed by atoms with Crippen LogP contribution in [0.25, 0.3) is 0 Å². The highest BCUT2D eigenvalue weighted by atomic mass is 32.2. The zero-order chi connectivity index (χ0) is 12.8. The van der Waals surface area contributed by atoms with Crippen molar-refractivity contribution in [1.82, 2.24) is 5.32 Å². The van der Waals surface area contributed by atoms with Crippen LogP contribution in [0.2, 0.25) is 0 Å². The molecule has 2 heterocycles. The van der Waals surface area contributed by atoms with Gasteiger partial charge in [-0.3, -0.25) is 0 Å². The van der Waals surface area contributed by atoms with Gasteiger partial charge in [-0.1, -0.05) is 0 Å². The molecule has 3 nitrogen and oxygen atoms in total. The molecular formula is C14H27NO2S. The Kier molecular flexibility index (Phi) is 5.80. The Morgan fingerprint density at radius 3 is 2.94 bits per heavy atom. The lowest BCUT2D eigenvalue weighted by molar-refractivity contribution is -0.0941. The van der Waals surface area contributed by atoms with Gasteiger partial charge in [-0.05, 0) is 57.0 Å². The number of rotatable bonds is 5. The predicted octanol–water partition coefficient (Wildman–Crippen LogP) is 2.18. The van der Waals surface area contributed by atoms with Crippen LogP contribution in [-0.2, 0) is 4.74 Å². The lowest BCUT2D eigenvalue weighted by Crippen LogP contribution is -2.50. The maximum Gasteiger partial charge on any atom is 0.0713 e. The van der Waals surface area contributed by atoms with E-state index in [1.165, 1.54) is 30.8 Å². The van der Waals surface area contributed by atoms with Gasteiger partial charge in [0.15, 0.2) is 0 Å². The normalized spacial score (nSPS) is 29.3.